The number of nitrogens with one attached hydrogen (secondary N) is 1. The van der Waals surface area contributed by atoms with Gasteiger partial charge in [0, 0.05) is 25.5 Å². The first-order valence-electron chi connectivity index (χ1n) is 5.47. The van der Waals surface area contributed by atoms with Crippen molar-refractivity contribution in [1.82, 2.24) is 0 Å². The van der Waals surface area contributed by atoms with Crippen LogP contribution in [0.4, 0.5) is 10.1 Å². The molecule has 0 fully saturated rings. The lowest BCUT2D eigenvalue weighted by Gasteiger charge is -2.12. The number of amides is 1. The summed E-state index contributed by atoms with van der Waals surface area (Å²) < 4.78 is 22.8. The summed E-state index contributed by atoms with van der Waals surface area (Å²) in [6.07, 6.45) is 0.417. The fourth-order valence-corrected chi connectivity index (χ4v) is 1.35. The molecule has 3 N–H and O–H groups in total. The average Bonchev–Trinajstić information content (AvgIpc) is 2.37. The molecule has 1 unspecified atom stereocenters. The van der Waals surface area contributed by atoms with E-state index in [4.69, 9.17) is 15.2 Å². The Morgan fingerprint density at radius 2 is 2.22 bits per heavy atom. The van der Waals surface area contributed by atoms with Crippen LogP contribution in [0.1, 0.15) is 6.42 Å². The van der Waals surface area contributed by atoms with Crippen molar-refractivity contribution in [3.05, 3.63) is 24.0 Å². The van der Waals surface area contributed by atoms with E-state index in [0.717, 1.165) is 0 Å². The monoisotopic (exact) mass is 256 g/mol. The smallest absolute Gasteiger partial charge is 0.241 e. The Labute approximate surface area is 105 Å². The number of halogens is 1. The Hall–Kier alpha value is -1.66. The molecule has 0 saturated heterocycles. The molecule has 5 nitrogen and oxygen atoms in total. The molecule has 6 heteroatoms. The molecular formula is C12H17FN2O3. The van der Waals surface area contributed by atoms with Crippen molar-refractivity contribution in [1.29, 1.82) is 0 Å². The van der Waals surface area contributed by atoms with E-state index in [1.807, 2.05) is 0 Å². The number of ether oxygens (including phenoxy) is 2. The Kier molecular flexibility index (Phi) is 5.54. The minimum absolute atomic E-state index is 0.0678. The third kappa shape index (κ3) is 3.97. The Balaban J connectivity index is 2.64. The molecule has 0 aliphatic heterocycles. The third-order valence-electron chi connectivity index (χ3n) is 2.39. The van der Waals surface area contributed by atoms with Crippen molar-refractivity contribution < 1.29 is 18.7 Å². The van der Waals surface area contributed by atoms with Gasteiger partial charge in [0.2, 0.25) is 5.91 Å². The predicted octanol–water partition coefficient (Wildman–Crippen LogP) is 1.14. The lowest BCUT2D eigenvalue weighted by Crippen LogP contribution is -2.36. The van der Waals surface area contributed by atoms with Gasteiger partial charge in [-0.1, -0.05) is 0 Å². The number of rotatable bonds is 6. The van der Waals surface area contributed by atoms with Crippen LogP contribution in [-0.4, -0.2) is 32.8 Å². The summed E-state index contributed by atoms with van der Waals surface area (Å²) in [4.78, 5) is 11.7. The highest BCUT2D eigenvalue weighted by Crippen LogP contribution is 2.21. The van der Waals surface area contributed by atoms with Crippen LogP contribution in [0.3, 0.4) is 0 Å². The molecule has 1 rings (SSSR count). The Morgan fingerprint density at radius 3 is 2.83 bits per heavy atom. The van der Waals surface area contributed by atoms with Crippen molar-refractivity contribution in [3.63, 3.8) is 0 Å². The molecule has 0 aliphatic carbocycles. The summed E-state index contributed by atoms with van der Waals surface area (Å²) in [5.74, 6) is -0.766. The summed E-state index contributed by atoms with van der Waals surface area (Å²) in [6, 6.07) is 3.39. The van der Waals surface area contributed by atoms with Gasteiger partial charge >= 0.3 is 0 Å². The molecule has 18 heavy (non-hydrogen) atoms. The van der Waals surface area contributed by atoms with Crippen molar-refractivity contribution in [2.24, 2.45) is 5.73 Å². The van der Waals surface area contributed by atoms with Gasteiger partial charge in [0.15, 0.2) is 11.6 Å². The Bertz CT molecular complexity index is 412. The zero-order valence-electron chi connectivity index (χ0n) is 10.4. The highest BCUT2D eigenvalue weighted by molar-refractivity contribution is 5.94. The number of carbonyl (C=O) groups is 1. The van der Waals surface area contributed by atoms with Crippen molar-refractivity contribution in [3.8, 4) is 5.75 Å². The van der Waals surface area contributed by atoms with Crippen molar-refractivity contribution in [2.45, 2.75) is 12.5 Å². The minimum Gasteiger partial charge on any atom is -0.494 e. The second kappa shape index (κ2) is 6.93. The lowest BCUT2D eigenvalue weighted by atomic mass is 10.2. The summed E-state index contributed by atoms with van der Waals surface area (Å²) in [5.41, 5.74) is 6.09. The van der Waals surface area contributed by atoms with E-state index in [1.54, 1.807) is 0 Å². The quantitative estimate of drug-likeness (QED) is 0.800. The number of hydrogen-bond acceptors (Lipinski definition) is 4. The maximum Gasteiger partial charge on any atom is 0.241 e. The molecule has 0 radical (unpaired) electrons. The fraction of sp³-hybridized carbons (Fsp3) is 0.417. The summed E-state index contributed by atoms with van der Waals surface area (Å²) in [7, 11) is 2.89. The summed E-state index contributed by atoms with van der Waals surface area (Å²) in [6.45, 7) is 0.404. The van der Waals surface area contributed by atoms with E-state index in [0.29, 0.717) is 18.7 Å². The molecule has 100 valence electrons. The average molecular weight is 256 g/mol. The molecular weight excluding hydrogens is 239 g/mol. The van der Waals surface area contributed by atoms with Crippen LogP contribution in [0.2, 0.25) is 0 Å². The number of anilines is 1. The van der Waals surface area contributed by atoms with Crippen LogP contribution in [0.25, 0.3) is 0 Å². The fourth-order valence-electron chi connectivity index (χ4n) is 1.35. The second-order valence-corrected chi connectivity index (χ2v) is 3.73. The molecule has 0 saturated carbocycles. The molecule has 0 aromatic heterocycles. The van der Waals surface area contributed by atoms with Gasteiger partial charge in [0.1, 0.15) is 0 Å². The van der Waals surface area contributed by atoms with Crippen molar-refractivity contribution in [2.75, 3.05) is 26.1 Å². The molecule has 1 atom stereocenters. The SMILES string of the molecule is COCCC(N)C(=O)Nc1ccc(F)c(OC)c1. The molecule has 0 bridgehead atoms. The van der Waals surface area contributed by atoms with Gasteiger partial charge in [-0.3, -0.25) is 4.79 Å². The summed E-state index contributed by atoms with van der Waals surface area (Å²) >= 11 is 0. The number of benzene rings is 1. The highest BCUT2D eigenvalue weighted by atomic mass is 19.1. The normalized spacial score (nSPS) is 12.0. The number of methoxy groups -OCH3 is 2. The van der Waals surface area contributed by atoms with Crippen molar-refractivity contribution >= 4 is 11.6 Å². The third-order valence-corrected chi connectivity index (χ3v) is 2.39. The number of hydrogen-bond donors (Lipinski definition) is 2. The van der Waals surface area contributed by atoms with Crippen LogP contribution in [0.5, 0.6) is 5.75 Å². The van der Waals surface area contributed by atoms with Crippen LogP contribution >= 0.6 is 0 Å². The van der Waals surface area contributed by atoms with Gasteiger partial charge in [-0.2, -0.15) is 0 Å². The van der Waals surface area contributed by atoms with Crippen LogP contribution < -0.4 is 15.8 Å². The van der Waals surface area contributed by atoms with Crippen LogP contribution in [-0.2, 0) is 9.53 Å². The Morgan fingerprint density at radius 1 is 1.50 bits per heavy atom. The minimum atomic E-state index is -0.666. The largest absolute Gasteiger partial charge is 0.494 e. The van der Waals surface area contributed by atoms with E-state index in [1.165, 1.54) is 32.4 Å². The molecule has 1 aromatic rings. The van der Waals surface area contributed by atoms with Gasteiger partial charge < -0.3 is 20.5 Å². The standard InChI is InChI=1S/C12H17FN2O3/c1-17-6-5-10(14)12(16)15-8-3-4-9(13)11(7-8)18-2/h3-4,7,10H,5-6,14H2,1-2H3,(H,15,16). The van der Waals surface area contributed by atoms with Crippen LogP contribution in [0, 0.1) is 5.82 Å². The van der Waals surface area contributed by atoms with E-state index >= 15 is 0 Å². The number of nitrogens with two attached hydrogens (primary N) is 1. The lowest BCUT2D eigenvalue weighted by molar-refractivity contribution is -0.117. The van der Waals surface area contributed by atoms with E-state index in [9.17, 15) is 9.18 Å². The summed E-state index contributed by atoms with van der Waals surface area (Å²) in [5, 5.41) is 2.59. The molecule has 0 aliphatic rings. The van der Waals surface area contributed by atoms with Gasteiger partial charge in [0.25, 0.3) is 0 Å². The van der Waals surface area contributed by atoms with E-state index < -0.39 is 11.9 Å². The maximum atomic E-state index is 13.2. The predicted molar refractivity (Wildman–Crippen MR) is 66.1 cm³/mol. The van der Waals surface area contributed by atoms with Gasteiger partial charge in [-0.15, -0.1) is 0 Å². The zero-order chi connectivity index (χ0) is 13.5. The van der Waals surface area contributed by atoms with Gasteiger partial charge in [-0.05, 0) is 18.6 Å². The molecule has 1 amide bonds. The number of carbonyl (C=O) groups excluding carboxylic acids is 1. The first-order chi connectivity index (χ1) is 8.58. The maximum absolute atomic E-state index is 13.2. The molecule has 0 spiro atoms. The van der Waals surface area contributed by atoms with Gasteiger partial charge in [-0.25, -0.2) is 4.39 Å². The van der Waals surface area contributed by atoms with E-state index in [2.05, 4.69) is 5.32 Å². The first kappa shape index (κ1) is 14.4. The van der Waals surface area contributed by atoms with E-state index in [-0.39, 0.29) is 11.7 Å². The first-order valence-corrected chi connectivity index (χ1v) is 5.47. The zero-order valence-corrected chi connectivity index (χ0v) is 10.4. The van der Waals surface area contributed by atoms with Gasteiger partial charge in [0.05, 0.1) is 13.2 Å². The highest BCUT2D eigenvalue weighted by Gasteiger charge is 2.14. The second-order valence-electron chi connectivity index (χ2n) is 3.73. The molecule has 1 aromatic carbocycles. The topological polar surface area (TPSA) is 73.6 Å². The van der Waals surface area contributed by atoms with Crippen LogP contribution in [0.15, 0.2) is 18.2 Å². The molecule has 0 heterocycles.